The van der Waals surface area contributed by atoms with Crippen LogP contribution in [0.1, 0.15) is 45.6 Å². The van der Waals surface area contributed by atoms with Crippen molar-refractivity contribution in [2.24, 2.45) is 5.41 Å². The molecule has 106 valence electrons. The van der Waals surface area contributed by atoms with Crippen LogP contribution in [0.15, 0.2) is 24.3 Å². The lowest BCUT2D eigenvalue weighted by molar-refractivity contribution is 0.135. The predicted octanol–water partition coefficient (Wildman–Crippen LogP) is 3.80. The molecule has 2 unspecified atom stereocenters. The van der Waals surface area contributed by atoms with Gasteiger partial charge in [0.25, 0.3) is 0 Å². The molecule has 0 aromatic heterocycles. The van der Waals surface area contributed by atoms with Gasteiger partial charge in [0.15, 0.2) is 0 Å². The molecule has 0 radical (unpaired) electrons. The first-order valence-corrected chi connectivity index (χ1v) is 7.62. The minimum atomic E-state index is 0.345. The van der Waals surface area contributed by atoms with Gasteiger partial charge in [0.1, 0.15) is 11.9 Å². The first-order chi connectivity index (χ1) is 9.17. The summed E-state index contributed by atoms with van der Waals surface area (Å²) in [6.45, 7) is 8.98. The van der Waals surface area contributed by atoms with Gasteiger partial charge in [-0.3, -0.25) is 0 Å². The quantitative estimate of drug-likeness (QED) is 0.806. The van der Waals surface area contributed by atoms with E-state index < -0.39 is 0 Å². The van der Waals surface area contributed by atoms with Crippen LogP contribution in [0.25, 0.3) is 0 Å². The van der Waals surface area contributed by atoms with Crippen molar-refractivity contribution in [3.63, 3.8) is 0 Å². The summed E-state index contributed by atoms with van der Waals surface area (Å²) in [7, 11) is 0. The zero-order valence-corrected chi connectivity index (χ0v) is 12.5. The second kappa shape index (κ2) is 6.42. The number of hydrogen-bond donors (Lipinski definition) is 1. The second-order valence-corrected chi connectivity index (χ2v) is 6.10. The summed E-state index contributed by atoms with van der Waals surface area (Å²) in [6.07, 6.45) is 5.06. The third-order valence-corrected chi connectivity index (χ3v) is 4.09. The van der Waals surface area contributed by atoms with Crippen molar-refractivity contribution in [2.75, 3.05) is 13.1 Å². The number of para-hydroxylation sites is 1. The maximum absolute atomic E-state index is 6.10. The summed E-state index contributed by atoms with van der Waals surface area (Å²) in [4.78, 5) is 0. The van der Waals surface area contributed by atoms with Crippen LogP contribution in [0.2, 0.25) is 0 Å². The average Bonchev–Trinajstić information content (AvgIpc) is 2.78. The van der Waals surface area contributed by atoms with Gasteiger partial charge in [-0.2, -0.15) is 0 Å². The number of ether oxygens (including phenoxy) is 1. The van der Waals surface area contributed by atoms with Gasteiger partial charge in [0, 0.05) is 13.0 Å². The van der Waals surface area contributed by atoms with E-state index in [4.69, 9.17) is 4.74 Å². The smallest absolute Gasteiger partial charge is 0.123 e. The molecule has 1 aromatic rings. The van der Waals surface area contributed by atoms with Gasteiger partial charge in [0.05, 0.1) is 0 Å². The van der Waals surface area contributed by atoms with E-state index in [9.17, 15) is 0 Å². The Morgan fingerprint density at radius 1 is 1.32 bits per heavy atom. The Bertz CT molecular complexity index is 379. The van der Waals surface area contributed by atoms with Crippen LogP contribution in [-0.4, -0.2) is 19.2 Å². The molecular weight excluding hydrogens is 234 g/mol. The molecule has 0 spiro atoms. The highest BCUT2D eigenvalue weighted by molar-refractivity contribution is 5.37. The molecule has 0 saturated carbocycles. The fraction of sp³-hybridized carbons (Fsp3) is 0.647. The van der Waals surface area contributed by atoms with E-state index in [1.807, 2.05) is 0 Å². The fourth-order valence-electron chi connectivity index (χ4n) is 3.21. The van der Waals surface area contributed by atoms with E-state index in [1.165, 1.54) is 18.4 Å². The van der Waals surface area contributed by atoms with Crippen LogP contribution >= 0.6 is 0 Å². The van der Waals surface area contributed by atoms with Crippen LogP contribution in [-0.2, 0) is 6.42 Å². The second-order valence-electron chi connectivity index (χ2n) is 6.10. The van der Waals surface area contributed by atoms with Gasteiger partial charge < -0.3 is 10.1 Å². The summed E-state index contributed by atoms with van der Waals surface area (Å²) >= 11 is 0. The summed E-state index contributed by atoms with van der Waals surface area (Å²) < 4.78 is 6.10. The number of rotatable bonds is 7. The largest absolute Gasteiger partial charge is 0.490 e. The van der Waals surface area contributed by atoms with Gasteiger partial charge in [-0.25, -0.2) is 0 Å². The van der Waals surface area contributed by atoms with Crippen LogP contribution in [0.5, 0.6) is 5.75 Å². The minimum absolute atomic E-state index is 0.345. The molecule has 1 heterocycles. The standard InChI is InChI=1S/C17H27NO/c1-4-10-17(3,13-18-5-2)12-15-11-14-8-6-7-9-16(14)19-15/h6-9,15,18H,4-5,10-13H2,1-3H3. The Morgan fingerprint density at radius 2 is 2.11 bits per heavy atom. The normalized spacial score (nSPS) is 20.7. The molecule has 2 atom stereocenters. The Kier molecular flexibility index (Phi) is 4.87. The van der Waals surface area contributed by atoms with Crippen molar-refractivity contribution < 1.29 is 4.74 Å². The average molecular weight is 261 g/mol. The van der Waals surface area contributed by atoms with Crippen molar-refractivity contribution in [3.05, 3.63) is 29.8 Å². The van der Waals surface area contributed by atoms with Crippen molar-refractivity contribution in [3.8, 4) is 5.75 Å². The first kappa shape index (κ1) is 14.4. The Labute approximate surface area is 117 Å². The molecule has 2 heteroatoms. The highest BCUT2D eigenvalue weighted by Gasteiger charge is 2.31. The van der Waals surface area contributed by atoms with E-state index >= 15 is 0 Å². The lowest BCUT2D eigenvalue weighted by Crippen LogP contribution is -2.36. The van der Waals surface area contributed by atoms with E-state index in [0.29, 0.717) is 11.5 Å². The first-order valence-electron chi connectivity index (χ1n) is 7.62. The van der Waals surface area contributed by atoms with Gasteiger partial charge in [-0.05, 0) is 36.4 Å². The van der Waals surface area contributed by atoms with Crippen LogP contribution in [0.3, 0.4) is 0 Å². The van der Waals surface area contributed by atoms with Crippen molar-refractivity contribution >= 4 is 0 Å². The number of nitrogens with one attached hydrogen (secondary N) is 1. The monoisotopic (exact) mass is 261 g/mol. The molecule has 0 amide bonds. The Balaban J connectivity index is 1.96. The molecular formula is C17H27NO. The Hall–Kier alpha value is -1.02. The summed E-state index contributed by atoms with van der Waals surface area (Å²) in [5.74, 6) is 1.09. The highest BCUT2D eigenvalue weighted by Crippen LogP contribution is 2.36. The van der Waals surface area contributed by atoms with Crippen LogP contribution in [0.4, 0.5) is 0 Å². The molecule has 0 aliphatic carbocycles. The Morgan fingerprint density at radius 3 is 2.79 bits per heavy atom. The maximum Gasteiger partial charge on any atom is 0.123 e. The lowest BCUT2D eigenvalue weighted by atomic mass is 9.79. The van der Waals surface area contributed by atoms with Crippen molar-refractivity contribution in [1.29, 1.82) is 0 Å². The van der Waals surface area contributed by atoms with E-state index in [0.717, 1.165) is 31.7 Å². The van der Waals surface area contributed by atoms with Crippen LogP contribution in [0, 0.1) is 5.41 Å². The summed E-state index contributed by atoms with van der Waals surface area (Å²) in [6, 6.07) is 8.45. The summed E-state index contributed by atoms with van der Waals surface area (Å²) in [5.41, 5.74) is 1.71. The number of hydrogen-bond acceptors (Lipinski definition) is 2. The molecule has 1 aliphatic rings. The molecule has 0 fully saturated rings. The molecule has 19 heavy (non-hydrogen) atoms. The molecule has 0 bridgehead atoms. The third kappa shape index (κ3) is 3.73. The van der Waals surface area contributed by atoms with Gasteiger partial charge in [0.2, 0.25) is 0 Å². The molecule has 2 rings (SSSR count). The van der Waals surface area contributed by atoms with Gasteiger partial charge >= 0.3 is 0 Å². The zero-order valence-electron chi connectivity index (χ0n) is 12.5. The predicted molar refractivity (Wildman–Crippen MR) is 80.7 cm³/mol. The lowest BCUT2D eigenvalue weighted by Gasteiger charge is -2.32. The molecule has 1 aliphatic heterocycles. The maximum atomic E-state index is 6.10. The van der Waals surface area contributed by atoms with E-state index in [2.05, 4.69) is 50.4 Å². The van der Waals surface area contributed by atoms with Crippen LogP contribution < -0.4 is 10.1 Å². The SMILES string of the molecule is CCCC(C)(CNCC)CC1Cc2ccccc2O1. The van der Waals surface area contributed by atoms with Gasteiger partial charge in [-0.1, -0.05) is 45.4 Å². The topological polar surface area (TPSA) is 21.3 Å². The van der Waals surface area contributed by atoms with Crippen molar-refractivity contribution in [1.82, 2.24) is 5.32 Å². The van der Waals surface area contributed by atoms with E-state index in [-0.39, 0.29) is 0 Å². The number of fused-ring (bicyclic) bond motifs is 1. The van der Waals surface area contributed by atoms with Crippen molar-refractivity contribution in [2.45, 2.75) is 52.6 Å². The minimum Gasteiger partial charge on any atom is -0.490 e. The molecule has 0 saturated heterocycles. The molecule has 1 N–H and O–H groups in total. The zero-order chi connectivity index (χ0) is 13.7. The number of benzene rings is 1. The summed E-state index contributed by atoms with van der Waals surface area (Å²) in [5, 5.41) is 3.51. The fourth-order valence-corrected chi connectivity index (χ4v) is 3.21. The van der Waals surface area contributed by atoms with Gasteiger partial charge in [-0.15, -0.1) is 0 Å². The van der Waals surface area contributed by atoms with E-state index in [1.54, 1.807) is 0 Å². The molecule has 2 nitrogen and oxygen atoms in total. The third-order valence-electron chi connectivity index (χ3n) is 4.09. The molecule has 1 aromatic carbocycles. The highest BCUT2D eigenvalue weighted by atomic mass is 16.5.